The number of carbonyl (C=O) groups excluding carboxylic acids is 1. The van der Waals surface area contributed by atoms with Crippen molar-refractivity contribution in [2.45, 2.75) is 11.3 Å². The lowest BCUT2D eigenvalue weighted by Crippen LogP contribution is -2.27. The van der Waals surface area contributed by atoms with Gasteiger partial charge < -0.3 is 14.6 Å². The van der Waals surface area contributed by atoms with Crippen molar-refractivity contribution in [1.29, 1.82) is 0 Å². The van der Waals surface area contributed by atoms with Crippen molar-refractivity contribution in [3.63, 3.8) is 0 Å². The molecule has 0 bridgehead atoms. The summed E-state index contributed by atoms with van der Waals surface area (Å²) in [6.45, 7) is 0.429. The molecule has 1 aromatic heterocycles. The number of nitrogens with two attached hydrogens (primary N) is 1. The van der Waals surface area contributed by atoms with Gasteiger partial charge in [-0.15, -0.1) is 0 Å². The normalized spacial score (nSPS) is 11.5. The summed E-state index contributed by atoms with van der Waals surface area (Å²) in [4.78, 5) is 12.6. The van der Waals surface area contributed by atoms with Gasteiger partial charge in [0.05, 0.1) is 17.5 Å². The van der Waals surface area contributed by atoms with Crippen LogP contribution in [0.4, 0.5) is 0 Å². The van der Waals surface area contributed by atoms with Crippen LogP contribution in [0.2, 0.25) is 0 Å². The predicted octanol–water partition coefficient (Wildman–Crippen LogP) is 1.81. The first kappa shape index (κ1) is 18.9. The molecule has 0 aliphatic heterocycles. The number of nitrogens with one attached hydrogen (secondary N) is 1. The largest absolute Gasteiger partial charge is 0.497 e. The summed E-state index contributed by atoms with van der Waals surface area (Å²) in [5, 5.41) is 8.93. The minimum atomic E-state index is -3.69. The third-order valence-corrected chi connectivity index (χ3v) is 5.37. The summed E-state index contributed by atoms with van der Waals surface area (Å²) < 4.78 is 29.6. The van der Waals surface area contributed by atoms with Crippen molar-refractivity contribution < 1.29 is 17.9 Å². The van der Waals surface area contributed by atoms with Gasteiger partial charge in [-0.3, -0.25) is 4.79 Å². The molecular formula is C19H21N3O4S. The molecule has 1 amide bonds. The van der Waals surface area contributed by atoms with Crippen molar-refractivity contribution in [3.8, 4) is 5.75 Å². The van der Waals surface area contributed by atoms with E-state index in [0.29, 0.717) is 18.7 Å². The zero-order chi connectivity index (χ0) is 19.6. The van der Waals surface area contributed by atoms with Crippen LogP contribution in [-0.2, 0) is 23.5 Å². The van der Waals surface area contributed by atoms with Gasteiger partial charge in [-0.2, -0.15) is 0 Å². The second-order valence-corrected chi connectivity index (χ2v) is 7.77. The molecule has 0 radical (unpaired) electrons. The fourth-order valence-corrected chi connectivity index (χ4v) is 3.43. The number of amides is 1. The van der Waals surface area contributed by atoms with Crippen LogP contribution in [0.5, 0.6) is 5.75 Å². The minimum Gasteiger partial charge on any atom is -0.497 e. The van der Waals surface area contributed by atoms with E-state index in [9.17, 15) is 13.2 Å². The third kappa shape index (κ3) is 4.12. The van der Waals surface area contributed by atoms with E-state index < -0.39 is 10.0 Å². The Morgan fingerprint density at radius 1 is 1.15 bits per heavy atom. The van der Waals surface area contributed by atoms with Crippen LogP contribution in [0.1, 0.15) is 16.1 Å². The van der Waals surface area contributed by atoms with E-state index in [-0.39, 0.29) is 10.8 Å². The van der Waals surface area contributed by atoms with E-state index in [2.05, 4.69) is 5.32 Å². The number of hydrogen-bond donors (Lipinski definition) is 2. The van der Waals surface area contributed by atoms with Gasteiger partial charge in [-0.25, -0.2) is 13.6 Å². The van der Waals surface area contributed by atoms with Gasteiger partial charge in [-0.05, 0) is 42.3 Å². The number of carbonyl (C=O) groups is 1. The molecule has 142 valence electrons. The van der Waals surface area contributed by atoms with Crippen molar-refractivity contribution >= 4 is 26.8 Å². The Morgan fingerprint density at radius 2 is 1.85 bits per heavy atom. The Kier molecular flexibility index (Phi) is 5.20. The summed E-state index contributed by atoms with van der Waals surface area (Å²) in [7, 11) is -0.253. The summed E-state index contributed by atoms with van der Waals surface area (Å²) in [5.41, 5.74) is 2.38. The quantitative estimate of drug-likeness (QED) is 0.673. The molecule has 27 heavy (non-hydrogen) atoms. The Bertz CT molecular complexity index is 1090. The zero-order valence-electron chi connectivity index (χ0n) is 15.1. The molecule has 3 N–H and O–H groups in total. The monoisotopic (exact) mass is 387 g/mol. The van der Waals surface area contributed by atoms with Gasteiger partial charge in [0.25, 0.3) is 5.91 Å². The number of benzene rings is 2. The summed E-state index contributed by atoms with van der Waals surface area (Å²) in [5.74, 6) is 0.562. The molecule has 0 atom stereocenters. The fourth-order valence-electron chi connectivity index (χ4n) is 2.91. The minimum absolute atomic E-state index is 0.0706. The number of hydrogen-bond acceptors (Lipinski definition) is 4. The molecule has 0 saturated carbocycles. The highest BCUT2D eigenvalue weighted by atomic mass is 32.2. The molecule has 0 unspecified atom stereocenters. The van der Waals surface area contributed by atoms with Crippen LogP contribution < -0.4 is 15.2 Å². The first-order valence-electron chi connectivity index (χ1n) is 8.33. The average molecular weight is 387 g/mol. The van der Waals surface area contributed by atoms with Gasteiger partial charge in [0, 0.05) is 25.0 Å². The van der Waals surface area contributed by atoms with E-state index >= 15 is 0 Å². The summed E-state index contributed by atoms with van der Waals surface area (Å²) in [6, 6.07) is 13.8. The zero-order valence-corrected chi connectivity index (χ0v) is 15.9. The summed E-state index contributed by atoms with van der Waals surface area (Å²) >= 11 is 0. The number of rotatable bonds is 6. The van der Waals surface area contributed by atoms with Crippen LogP contribution in [0.3, 0.4) is 0 Å². The fraction of sp³-hybridized carbons (Fsp3) is 0.211. The lowest BCUT2D eigenvalue weighted by Gasteiger charge is -2.07. The van der Waals surface area contributed by atoms with Crippen LogP contribution in [0.15, 0.2) is 53.4 Å². The lowest BCUT2D eigenvalue weighted by atomic mass is 10.1. The number of ether oxygens (including phenoxy) is 1. The topological polar surface area (TPSA) is 103 Å². The van der Waals surface area contributed by atoms with Crippen LogP contribution in [-0.4, -0.2) is 32.5 Å². The summed E-state index contributed by atoms with van der Waals surface area (Å²) in [6.07, 6.45) is 0.578. The van der Waals surface area contributed by atoms with E-state index in [1.807, 2.05) is 35.9 Å². The first-order valence-corrected chi connectivity index (χ1v) is 9.87. The lowest BCUT2D eigenvalue weighted by molar-refractivity contribution is 0.0946. The second-order valence-electron chi connectivity index (χ2n) is 6.21. The van der Waals surface area contributed by atoms with Crippen LogP contribution in [0.25, 0.3) is 10.9 Å². The highest BCUT2D eigenvalue weighted by molar-refractivity contribution is 7.89. The van der Waals surface area contributed by atoms with Crippen molar-refractivity contribution in [2.24, 2.45) is 12.2 Å². The number of aryl methyl sites for hydroxylation is 1. The first-order chi connectivity index (χ1) is 12.8. The molecular weight excluding hydrogens is 366 g/mol. The number of methoxy groups -OCH3 is 1. The molecule has 3 rings (SSSR count). The third-order valence-electron chi connectivity index (χ3n) is 4.44. The molecule has 0 spiro atoms. The van der Waals surface area contributed by atoms with Gasteiger partial charge in [0.15, 0.2) is 0 Å². The number of primary sulfonamides is 1. The molecule has 7 nitrogen and oxygen atoms in total. The highest BCUT2D eigenvalue weighted by Crippen LogP contribution is 2.23. The van der Waals surface area contributed by atoms with Crippen LogP contribution in [0, 0.1) is 0 Å². The molecule has 0 fully saturated rings. The van der Waals surface area contributed by atoms with Gasteiger partial charge >= 0.3 is 0 Å². The standard InChI is InChI=1S/C19H21N3O4S/c1-22-17-12-15(26-2)6-5-14(17)11-18(22)19(23)21-10-9-13-3-7-16(8-4-13)27(20,24)25/h3-8,11-12H,9-10H2,1-2H3,(H,21,23)(H2,20,24,25). The Labute approximate surface area is 157 Å². The van der Waals surface area contributed by atoms with Crippen molar-refractivity contribution in [1.82, 2.24) is 9.88 Å². The number of nitrogens with zero attached hydrogens (tertiary/aromatic N) is 1. The maximum atomic E-state index is 12.5. The van der Waals surface area contributed by atoms with E-state index in [0.717, 1.165) is 22.2 Å². The Hall–Kier alpha value is -2.84. The second kappa shape index (κ2) is 7.42. The Morgan fingerprint density at radius 3 is 2.48 bits per heavy atom. The maximum absolute atomic E-state index is 12.5. The van der Waals surface area contributed by atoms with Gasteiger partial charge in [0.2, 0.25) is 10.0 Å². The molecule has 1 heterocycles. The predicted molar refractivity (Wildman–Crippen MR) is 103 cm³/mol. The number of fused-ring (bicyclic) bond motifs is 1. The molecule has 2 aromatic carbocycles. The van der Waals surface area contributed by atoms with E-state index in [1.165, 1.54) is 12.1 Å². The molecule has 0 aliphatic rings. The van der Waals surface area contributed by atoms with Crippen LogP contribution >= 0.6 is 0 Å². The molecule has 8 heteroatoms. The van der Waals surface area contributed by atoms with E-state index in [1.54, 1.807) is 19.2 Å². The molecule has 0 saturated heterocycles. The molecule has 0 aliphatic carbocycles. The number of sulfonamides is 1. The number of aromatic nitrogens is 1. The van der Waals surface area contributed by atoms with Crippen molar-refractivity contribution in [2.75, 3.05) is 13.7 Å². The SMILES string of the molecule is COc1ccc2cc(C(=O)NCCc3ccc(S(N)(=O)=O)cc3)n(C)c2c1. The average Bonchev–Trinajstić information content (AvgIpc) is 2.97. The van der Waals surface area contributed by atoms with Gasteiger partial charge in [-0.1, -0.05) is 12.1 Å². The van der Waals surface area contributed by atoms with E-state index in [4.69, 9.17) is 9.88 Å². The maximum Gasteiger partial charge on any atom is 0.267 e. The van der Waals surface area contributed by atoms with Crippen molar-refractivity contribution in [3.05, 3.63) is 59.8 Å². The molecule has 3 aromatic rings. The smallest absolute Gasteiger partial charge is 0.267 e. The Balaban J connectivity index is 1.66. The van der Waals surface area contributed by atoms with Gasteiger partial charge in [0.1, 0.15) is 11.4 Å². The highest BCUT2D eigenvalue weighted by Gasteiger charge is 2.13.